The zero-order chi connectivity index (χ0) is 9.90. The van der Waals surface area contributed by atoms with Crippen molar-refractivity contribution in [2.75, 3.05) is 12.0 Å². The molecule has 13 heavy (non-hydrogen) atoms. The third-order valence-corrected chi connectivity index (χ3v) is 3.02. The van der Waals surface area contributed by atoms with Crippen molar-refractivity contribution in [1.82, 2.24) is 0 Å². The first-order valence-electron chi connectivity index (χ1n) is 3.89. The summed E-state index contributed by atoms with van der Waals surface area (Å²) in [6, 6.07) is 3.64. The van der Waals surface area contributed by atoms with Crippen molar-refractivity contribution in [1.29, 1.82) is 0 Å². The number of aryl methyl sites for hydroxylation is 1. The van der Waals surface area contributed by atoms with Gasteiger partial charge in [0, 0.05) is 12.7 Å². The molecule has 0 N–H and O–H groups in total. The molecule has 3 nitrogen and oxygen atoms in total. The second-order valence-electron chi connectivity index (χ2n) is 2.94. The molecule has 0 unspecified atom stereocenters. The quantitative estimate of drug-likeness (QED) is 0.838. The van der Waals surface area contributed by atoms with Crippen LogP contribution in [-0.4, -0.2) is 20.4 Å². The molecule has 0 aromatic carbocycles. The Hall–Kier alpha value is -0.290. The molecule has 1 aromatic heterocycles. The number of rotatable bonds is 4. The van der Waals surface area contributed by atoms with E-state index in [1.807, 2.05) is 6.07 Å². The fourth-order valence-corrected chi connectivity index (χ4v) is 2.00. The van der Waals surface area contributed by atoms with Gasteiger partial charge in [0.2, 0.25) is 0 Å². The molecule has 1 rings (SSSR count). The lowest BCUT2D eigenvalue weighted by atomic mass is 10.3. The lowest BCUT2D eigenvalue weighted by Crippen LogP contribution is -2.03. The summed E-state index contributed by atoms with van der Waals surface area (Å²) < 4.78 is 27.5. The highest BCUT2D eigenvalue weighted by atomic mass is 79.9. The third-order valence-electron chi connectivity index (χ3n) is 1.57. The number of sulfone groups is 1. The number of hydrogen-bond donors (Lipinski definition) is 0. The fourth-order valence-electron chi connectivity index (χ4n) is 0.995. The summed E-state index contributed by atoms with van der Waals surface area (Å²) in [7, 11) is -2.84. The molecule has 1 aromatic rings. The van der Waals surface area contributed by atoms with Crippen molar-refractivity contribution in [2.45, 2.75) is 12.8 Å². The molecule has 1 heterocycles. The first-order chi connectivity index (χ1) is 5.97. The Morgan fingerprint density at radius 2 is 2.15 bits per heavy atom. The van der Waals surface area contributed by atoms with Gasteiger partial charge in [-0.25, -0.2) is 8.42 Å². The average Bonchev–Trinajstić information content (AvgIpc) is 2.33. The number of halogens is 1. The van der Waals surface area contributed by atoms with Crippen LogP contribution in [0.15, 0.2) is 21.2 Å². The van der Waals surface area contributed by atoms with Gasteiger partial charge in [-0.1, -0.05) is 0 Å². The Labute approximate surface area is 86.2 Å². The minimum atomic E-state index is -2.84. The molecule has 0 saturated heterocycles. The van der Waals surface area contributed by atoms with Gasteiger partial charge in [0.25, 0.3) is 0 Å². The minimum absolute atomic E-state index is 0.214. The van der Waals surface area contributed by atoms with Crippen LogP contribution in [0.25, 0.3) is 0 Å². The Morgan fingerprint density at radius 3 is 2.62 bits per heavy atom. The Morgan fingerprint density at radius 1 is 1.46 bits per heavy atom. The number of hydrogen-bond acceptors (Lipinski definition) is 3. The van der Waals surface area contributed by atoms with E-state index in [-0.39, 0.29) is 5.75 Å². The van der Waals surface area contributed by atoms with Gasteiger partial charge >= 0.3 is 0 Å². The van der Waals surface area contributed by atoms with Crippen LogP contribution < -0.4 is 0 Å². The van der Waals surface area contributed by atoms with E-state index in [0.717, 1.165) is 5.76 Å². The van der Waals surface area contributed by atoms with Crippen molar-refractivity contribution in [3.8, 4) is 0 Å². The minimum Gasteiger partial charge on any atom is -0.454 e. The fraction of sp³-hybridized carbons (Fsp3) is 0.500. The molecule has 5 heteroatoms. The summed E-state index contributed by atoms with van der Waals surface area (Å²) in [6.45, 7) is 0. The SMILES string of the molecule is CS(=O)(=O)CCCc1ccc(Br)o1. The highest BCUT2D eigenvalue weighted by molar-refractivity contribution is 9.10. The molecule has 0 fully saturated rings. The molecule has 0 aliphatic heterocycles. The van der Waals surface area contributed by atoms with E-state index >= 15 is 0 Å². The topological polar surface area (TPSA) is 47.3 Å². The molecule has 0 aliphatic carbocycles. The molecule has 74 valence electrons. The van der Waals surface area contributed by atoms with Crippen LogP contribution in [0.1, 0.15) is 12.2 Å². The van der Waals surface area contributed by atoms with E-state index in [1.165, 1.54) is 6.26 Å². The van der Waals surface area contributed by atoms with Gasteiger partial charge in [0.1, 0.15) is 15.6 Å². The van der Waals surface area contributed by atoms with Crippen LogP contribution >= 0.6 is 15.9 Å². The molecule has 0 atom stereocenters. The first kappa shape index (κ1) is 10.8. The lowest BCUT2D eigenvalue weighted by molar-refractivity contribution is 0.485. The van der Waals surface area contributed by atoms with Crippen molar-refractivity contribution in [2.24, 2.45) is 0 Å². The molecule has 0 aliphatic rings. The lowest BCUT2D eigenvalue weighted by Gasteiger charge is -1.95. The zero-order valence-electron chi connectivity index (χ0n) is 7.29. The van der Waals surface area contributed by atoms with Gasteiger partial charge in [-0.05, 0) is 34.5 Å². The van der Waals surface area contributed by atoms with E-state index < -0.39 is 9.84 Å². The maximum Gasteiger partial charge on any atom is 0.169 e. The molecule has 0 bridgehead atoms. The van der Waals surface area contributed by atoms with Crippen LogP contribution in [0.3, 0.4) is 0 Å². The highest BCUT2D eigenvalue weighted by Crippen LogP contribution is 2.15. The van der Waals surface area contributed by atoms with E-state index in [9.17, 15) is 8.42 Å². The van der Waals surface area contributed by atoms with Crippen LogP contribution in [0.5, 0.6) is 0 Å². The molecular weight excluding hydrogens is 256 g/mol. The van der Waals surface area contributed by atoms with Crippen molar-refractivity contribution >= 4 is 25.8 Å². The molecule has 0 amide bonds. The summed E-state index contributed by atoms with van der Waals surface area (Å²) in [5.41, 5.74) is 0. The largest absolute Gasteiger partial charge is 0.454 e. The maximum absolute atomic E-state index is 10.8. The van der Waals surface area contributed by atoms with Crippen LogP contribution in [0, 0.1) is 0 Å². The van der Waals surface area contributed by atoms with Crippen molar-refractivity contribution < 1.29 is 12.8 Å². The molecular formula is C8H11BrO3S. The van der Waals surface area contributed by atoms with E-state index in [0.29, 0.717) is 17.5 Å². The van der Waals surface area contributed by atoms with Crippen LogP contribution in [0.4, 0.5) is 0 Å². The summed E-state index contributed by atoms with van der Waals surface area (Å²) in [6.07, 6.45) is 2.52. The summed E-state index contributed by atoms with van der Waals surface area (Å²) in [5.74, 6) is 1.03. The van der Waals surface area contributed by atoms with Crippen molar-refractivity contribution in [3.05, 3.63) is 22.6 Å². The standard InChI is InChI=1S/C8H11BrO3S/c1-13(10,11)6-2-3-7-4-5-8(9)12-7/h4-5H,2-3,6H2,1H3. The van der Waals surface area contributed by atoms with Gasteiger partial charge in [0.05, 0.1) is 5.75 Å². The highest BCUT2D eigenvalue weighted by Gasteiger charge is 2.04. The zero-order valence-corrected chi connectivity index (χ0v) is 9.69. The predicted molar refractivity (Wildman–Crippen MR) is 54.4 cm³/mol. The van der Waals surface area contributed by atoms with Gasteiger partial charge in [-0.15, -0.1) is 0 Å². The van der Waals surface area contributed by atoms with Crippen molar-refractivity contribution in [3.63, 3.8) is 0 Å². The molecule has 0 radical (unpaired) electrons. The second-order valence-corrected chi connectivity index (χ2v) is 5.98. The monoisotopic (exact) mass is 266 g/mol. The first-order valence-corrected chi connectivity index (χ1v) is 6.75. The van der Waals surface area contributed by atoms with Gasteiger partial charge in [-0.3, -0.25) is 0 Å². The third kappa shape index (κ3) is 4.47. The second kappa shape index (κ2) is 4.28. The molecule has 0 saturated carbocycles. The normalized spacial score (nSPS) is 11.8. The Bertz CT molecular complexity index is 366. The maximum atomic E-state index is 10.8. The predicted octanol–water partition coefficient (Wildman–Crippen LogP) is 2.02. The summed E-state index contributed by atoms with van der Waals surface area (Å²) in [5, 5.41) is 0. The average molecular weight is 267 g/mol. The van der Waals surface area contributed by atoms with E-state index in [1.54, 1.807) is 6.07 Å². The van der Waals surface area contributed by atoms with Gasteiger partial charge in [-0.2, -0.15) is 0 Å². The smallest absolute Gasteiger partial charge is 0.169 e. The van der Waals surface area contributed by atoms with Crippen LogP contribution in [-0.2, 0) is 16.3 Å². The molecule has 0 spiro atoms. The van der Waals surface area contributed by atoms with Gasteiger partial charge in [0.15, 0.2) is 4.67 Å². The van der Waals surface area contributed by atoms with E-state index in [2.05, 4.69) is 15.9 Å². The Kier molecular flexibility index (Phi) is 3.55. The van der Waals surface area contributed by atoms with Crippen LogP contribution in [0.2, 0.25) is 0 Å². The Balaban J connectivity index is 2.36. The van der Waals surface area contributed by atoms with Gasteiger partial charge < -0.3 is 4.42 Å². The summed E-state index contributed by atoms with van der Waals surface area (Å²) in [4.78, 5) is 0. The number of furan rings is 1. The van der Waals surface area contributed by atoms with E-state index in [4.69, 9.17) is 4.42 Å². The summed E-state index contributed by atoms with van der Waals surface area (Å²) >= 11 is 3.18.